The van der Waals surface area contributed by atoms with Crippen molar-refractivity contribution in [1.82, 2.24) is 5.32 Å². The number of hydrogen-bond acceptors (Lipinski definition) is 2. The van der Waals surface area contributed by atoms with Gasteiger partial charge in [0.2, 0.25) is 0 Å². The van der Waals surface area contributed by atoms with Crippen LogP contribution in [-0.4, -0.2) is 20.3 Å². The molecule has 0 aliphatic carbocycles. The zero-order chi connectivity index (χ0) is 12.0. The van der Waals surface area contributed by atoms with E-state index in [0.717, 1.165) is 12.1 Å². The Morgan fingerprint density at radius 1 is 1.38 bits per heavy atom. The van der Waals surface area contributed by atoms with Crippen molar-refractivity contribution in [3.63, 3.8) is 0 Å². The molecule has 1 N–H and O–H groups in total. The van der Waals surface area contributed by atoms with Gasteiger partial charge in [-0.1, -0.05) is 6.92 Å². The fraction of sp³-hybridized carbons (Fsp3) is 0.500. The number of halogens is 2. The molecule has 1 aromatic rings. The summed E-state index contributed by atoms with van der Waals surface area (Å²) in [6.07, 6.45) is 0.698. The van der Waals surface area contributed by atoms with Gasteiger partial charge in [-0.25, -0.2) is 8.78 Å². The van der Waals surface area contributed by atoms with Gasteiger partial charge in [-0.2, -0.15) is 0 Å². The normalized spacial score (nSPS) is 12.8. The molecule has 0 aliphatic heterocycles. The standard InChI is InChI=1S/C12H17F2NO/c1-3-12(15-6-7-16-2)10-8-9(13)4-5-11(10)14/h4-5,8,12,15H,3,6-7H2,1-2H3. The van der Waals surface area contributed by atoms with Gasteiger partial charge in [-0.05, 0) is 24.6 Å². The van der Waals surface area contributed by atoms with Crippen molar-refractivity contribution in [3.8, 4) is 0 Å². The van der Waals surface area contributed by atoms with E-state index in [1.807, 2.05) is 6.92 Å². The molecule has 1 rings (SSSR count). The second kappa shape index (κ2) is 6.55. The van der Waals surface area contributed by atoms with Crippen molar-refractivity contribution in [2.75, 3.05) is 20.3 Å². The van der Waals surface area contributed by atoms with Crippen LogP contribution >= 0.6 is 0 Å². The van der Waals surface area contributed by atoms with Crippen LogP contribution < -0.4 is 5.32 Å². The lowest BCUT2D eigenvalue weighted by Gasteiger charge is -2.17. The minimum atomic E-state index is -0.414. The zero-order valence-corrected chi connectivity index (χ0v) is 9.59. The Morgan fingerprint density at radius 2 is 2.12 bits per heavy atom. The highest BCUT2D eigenvalue weighted by atomic mass is 19.1. The summed E-state index contributed by atoms with van der Waals surface area (Å²) in [6.45, 7) is 3.09. The summed E-state index contributed by atoms with van der Waals surface area (Å²) in [5.74, 6) is -0.790. The molecule has 1 unspecified atom stereocenters. The summed E-state index contributed by atoms with van der Waals surface area (Å²) in [6, 6.07) is 3.35. The van der Waals surface area contributed by atoms with E-state index in [0.29, 0.717) is 25.1 Å². The third kappa shape index (κ3) is 3.54. The molecule has 4 heteroatoms. The van der Waals surface area contributed by atoms with Crippen LogP contribution in [0.4, 0.5) is 8.78 Å². The highest BCUT2D eigenvalue weighted by molar-refractivity contribution is 5.22. The van der Waals surface area contributed by atoms with Crippen LogP contribution in [0.5, 0.6) is 0 Å². The fourth-order valence-corrected chi connectivity index (χ4v) is 1.59. The van der Waals surface area contributed by atoms with E-state index in [2.05, 4.69) is 5.32 Å². The first-order valence-electron chi connectivity index (χ1n) is 5.36. The van der Waals surface area contributed by atoms with E-state index < -0.39 is 5.82 Å². The van der Waals surface area contributed by atoms with E-state index in [9.17, 15) is 8.78 Å². The quantitative estimate of drug-likeness (QED) is 0.757. The second-order valence-electron chi connectivity index (χ2n) is 3.57. The lowest BCUT2D eigenvalue weighted by molar-refractivity contribution is 0.195. The maximum Gasteiger partial charge on any atom is 0.128 e. The van der Waals surface area contributed by atoms with E-state index in [-0.39, 0.29) is 11.9 Å². The Bertz CT molecular complexity index is 331. The van der Waals surface area contributed by atoms with Crippen LogP contribution in [0.1, 0.15) is 24.9 Å². The average Bonchev–Trinajstić information content (AvgIpc) is 2.28. The third-order valence-corrected chi connectivity index (χ3v) is 2.44. The molecule has 0 saturated heterocycles. The molecule has 16 heavy (non-hydrogen) atoms. The molecule has 0 aromatic heterocycles. The Hall–Kier alpha value is -1.00. The van der Waals surface area contributed by atoms with Crippen LogP contribution in [-0.2, 0) is 4.74 Å². The predicted molar refractivity (Wildman–Crippen MR) is 59.3 cm³/mol. The lowest BCUT2D eigenvalue weighted by atomic mass is 10.0. The topological polar surface area (TPSA) is 21.3 Å². The van der Waals surface area contributed by atoms with Crippen molar-refractivity contribution in [2.24, 2.45) is 0 Å². The van der Waals surface area contributed by atoms with Crippen LogP contribution in [0.25, 0.3) is 0 Å². The molecule has 2 nitrogen and oxygen atoms in total. The molecule has 1 atom stereocenters. The Labute approximate surface area is 94.6 Å². The first-order chi connectivity index (χ1) is 7.69. The molecule has 0 bridgehead atoms. The average molecular weight is 229 g/mol. The highest BCUT2D eigenvalue weighted by Gasteiger charge is 2.13. The number of rotatable bonds is 6. The molecule has 0 radical (unpaired) electrons. The zero-order valence-electron chi connectivity index (χ0n) is 9.59. The minimum absolute atomic E-state index is 0.175. The van der Waals surface area contributed by atoms with E-state index in [1.165, 1.54) is 6.07 Å². The van der Waals surface area contributed by atoms with Crippen LogP contribution in [0.2, 0.25) is 0 Å². The monoisotopic (exact) mass is 229 g/mol. The first-order valence-corrected chi connectivity index (χ1v) is 5.36. The Kier molecular flexibility index (Phi) is 5.35. The second-order valence-corrected chi connectivity index (χ2v) is 3.57. The van der Waals surface area contributed by atoms with E-state index in [1.54, 1.807) is 7.11 Å². The van der Waals surface area contributed by atoms with Crippen molar-refractivity contribution < 1.29 is 13.5 Å². The fourth-order valence-electron chi connectivity index (χ4n) is 1.59. The van der Waals surface area contributed by atoms with Crippen molar-refractivity contribution in [2.45, 2.75) is 19.4 Å². The number of methoxy groups -OCH3 is 1. The Morgan fingerprint density at radius 3 is 2.75 bits per heavy atom. The number of nitrogens with one attached hydrogen (secondary N) is 1. The maximum atomic E-state index is 13.5. The summed E-state index contributed by atoms with van der Waals surface area (Å²) in [5.41, 5.74) is 0.374. The highest BCUT2D eigenvalue weighted by Crippen LogP contribution is 2.20. The van der Waals surface area contributed by atoms with Gasteiger partial charge in [0.05, 0.1) is 6.61 Å². The largest absolute Gasteiger partial charge is 0.383 e. The summed E-state index contributed by atoms with van der Waals surface area (Å²) in [4.78, 5) is 0. The van der Waals surface area contributed by atoms with Gasteiger partial charge in [-0.15, -0.1) is 0 Å². The number of hydrogen-bond donors (Lipinski definition) is 1. The summed E-state index contributed by atoms with van der Waals surface area (Å²) in [5, 5.41) is 3.12. The minimum Gasteiger partial charge on any atom is -0.383 e. The predicted octanol–water partition coefficient (Wildman–Crippen LogP) is 2.65. The third-order valence-electron chi connectivity index (χ3n) is 2.44. The maximum absolute atomic E-state index is 13.5. The molecule has 0 heterocycles. The van der Waals surface area contributed by atoms with Gasteiger partial charge in [-0.3, -0.25) is 0 Å². The van der Waals surface area contributed by atoms with Gasteiger partial charge in [0.1, 0.15) is 11.6 Å². The van der Waals surface area contributed by atoms with Gasteiger partial charge >= 0.3 is 0 Å². The van der Waals surface area contributed by atoms with Gasteiger partial charge in [0.15, 0.2) is 0 Å². The van der Waals surface area contributed by atoms with Gasteiger partial charge in [0.25, 0.3) is 0 Å². The van der Waals surface area contributed by atoms with Crippen molar-refractivity contribution in [1.29, 1.82) is 0 Å². The summed E-state index contributed by atoms with van der Waals surface area (Å²) >= 11 is 0. The first kappa shape index (κ1) is 13.1. The van der Waals surface area contributed by atoms with E-state index in [4.69, 9.17) is 4.74 Å². The summed E-state index contributed by atoms with van der Waals surface area (Å²) < 4.78 is 31.4. The number of ether oxygens (including phenoxy) is 1. The molecule has 0 saturated carbocycles. The van der Waals surface area contributed by atoms with Crippen LogP contribution in [0, 0.1) is 11.6 Å². The number of benzene rings is 1. The molecule has 90 valence electrons. The van der Waals surface area contributed by atoms with E-state index >= 15 is 0 Å². The smallest absolute Gasteiger partial charge is 0.128 e. The lowest BCUT2D eigenvalue weighted by Crippen LogP contribution is -2.25. The van der Waals surface area contributed by atoms with Gasteiger partial charge in [0, 0.05) is 25.3 Å². The molecule has 0 amide bonds. The van der Waals surface area contributed by atoms with Crippen molar-refractivity contribution in [3.05, 3.63) is 35.4 Å². The molecule has 0 fully saturated rings. The molecule has 1 aromatic carbocycles. The molecular weight excluding hydrogens is 212 g/mol. The van der Waals surface area contributed by atoms with Crippen molar-refractivity contribution >= 4 is 0 Å². The van der Waals surface area contributed by atoms with Crippen LogP contribution in [0.15, 0.2) is 18.2 Å². The van der Waals surface area contributed by atoms with Gasteiger partial charge < -0.3 is 10.1 Å². The molecular formula is C12H17F2NO. The molecule has 0 aliphatic rings. The van der Waals surface area contributed by atoms with Crippen LogP contribution in [0.3, 0.4) is 0 Å². The Balaban J connectivity index is 2.73. The summed E-state index contributed by atoms with van der Waals surface area (Å²) in [7, 11) is 1.60. The molecule has 0 spiro atoms. The SMILES string of the molecule is CCC(NCCOC)c1cc(F)ccc1F.